The molecule has 3 N–H and O–H groups in total. The molecular formula is C22H34N8O. The molecule has 3 rings (SSSR count). The van der Waals surface area contributed by atoms with Gasteiger partial charge in [-0.25, -0.2) is 0 Å². The summed E-state index contributed by atoms with van der Waals surface area (Å²) in [6.07, 6.45) is 0. The van der Waals surface area contributed by atoms with E-state index >= 15 is 0 Å². The lowest BCUT2D eigenvalue weighted by atomic mass is 9.96. The van der Waals surface area contributed by atoms with Crippen LogP contribution in [0.5, 0.6) is 0 Å². The normalized spacial score (nSPS) is 14.3. The first-order valence-electron chi connectivity index (χ1n) is 10.7. The molecule has 1 saturated heterocycles. The van der Waals surface area contributed by atoms with Crippen molar-refractivity contribution in [3.63, 3.8) is 0 Å². The third-order valence-corrected chi connectivity index (χ3v) is 5.04. The maximum Gasteiger partial charge on any atom is 0.251 e. The predicted octanol–water partition coefficient (Wildman–Crippen LogP) is 2.18. The van der Waals surface area contributed by atoms with E-state index in [-0.39, 0.29) is 11.3 Å². The molecule has 0 unspecified atom stereocenters. The topological polar surface area (TPSA) is 98.3 Å². The van der Waals surface area contributed by atoms with Gasteiger partial charge in [0.1, 0.15) is 0 Å². The molecule has 0 radical (unpaired) electrons. The Bertz CT molecular complexity index is 918. The Hall–Kier alpha value is -2.94. The van der Waals surface area contributed by atoms with Gasteiger partial charge in [0.15, 0.2) is 0 Å². The highest BCUT2D eigenvalue weighted by Gasteiger charge is 2.21. The predicted molar refractivity (Wildman–Crippen MR) is 125 cm³/mol. The molecular weight excluding hydrogens is 392 g/mol. The van der Waals surface area contributed by atoms with Crippen LogP contribution in [0.1, 0.15) is 36.7 Å². The molecule has 2 heterocycles. The lowest BCUT2D eigenvalue weighted by Gasteiger charge is -2.30. The molecule has 1 amide bonds. The van der Waals surface area contributed by atoms with Gasteiger partial charge in [-0.15, -0.1) is 0 Å². The van der Waals surface area contributed by atoms with E-state index in [1.54, 1.807) is 13.1 Å². The Labute approximate surface area is 184 Å². The smallest absolute Gasteiger partial charge is 0.251 e. The average Bonchev–Trinajstić information content (AvgIpc) is 2.74. The number of carbonyl (C=O) groups is 1. The van der Waals surface area contributed by atoms with Gasteiger partial charge in [-0.1, -0.05) is 26.8 Å². The van der Waals surface area contributed by atoms with Crippen molar-refractivity contribution in [2.24, 2.45) is 5.41 Å². The molecule has 0 atom stereocenters. The number of amides is 1. The number of aromatic nitrogens is 3. The molecule has 9 nitrogen and oxygen atoms in total. The van der Waals surface area contributed by atoms with Gasteiger partial charge in [0, 0.05) is 58.1 Å². The van der Waals surface area contributed by atoms with Crippen molar-refractivity contribution in [2.75, 3.05) is 61.9 Å². The molecule has 1 aliphatic heterocycles. The molecule has 0 saturated carbocycles. The Morgan fingerprint density at radius 3 is 2.55 bits per heavy atom. The van der Waals surface area contributed by atoms with Gasteiger partial charge in [-0.3, -0.25) is 4.79 Å². The van der Waals surface area contributed by atoms with Crippen LogP contribution in [0.4, 0.5) is 23.5 Å². The fourth-order valence-corrected chi connectivity index (χ4v) is 3.53. The highest BCUT2D eigenvalue weighted by atomic mass is 16.1. The molecule has 2 aromatic rings. The minimum atomic E-state index is -0.134. The Morgan fingerprint density at radius 1 is 1.19 bits per heavy atom. The van der Waals surface area contributed by atoms with Crippen molar-refractivity contribution < 1.29 is 4.79 Å². The van der Waals surface area contributed by atoms with Gasteiger partial charge in [0.2, 0.25) is 17.8 Å². The molecule has 31 heavy (non-hydrogen) atoms. The minimum absolute atomic E-state index is 0.0998. The monoisotopic (exact) mass is 426 g/mol. The molecule has 1 aromatic heterocycles. The first-order valence-corrected chi connectivity index (χ1v) is 10.7. The van der Waals surface area contributed by atoms with E-state index in [1.807, 2.05) is 26.1 Å². The third-order valence-electron chi connectivity index (χ3n) is 5.04. The van der Waals surface area contributed by atoms with Crippen LogP contribution in [-0.2, 0) is 0 Å². The summed E-state index contributed by atoms with van der Waals surface area (Å²) in [4.78, 5) is 30.5. The van der Waals surface area contributed by atoms with Crippen LogP contribution in [0.3, 0.4) is 0 Å². The van der Waals surface area contributed by atoms with Crippen LogP contribution in [0.2, 0.25) is 0 Å². The second-order valence-corrected chi connectivity index (χ2v) is 9.15. The van der Waals surface area contributed by atoms with Crippen molar-refractivity contribution in [3.05, 3.63) is 29.3 Å². The average molecular weight is 427 g/mol. The molecule has 168 valence electrons. The zero-order chi connectivity index (χ0) is 22.6. The molecule has 0 aliphatic carbocycles. The van der Waals surface area contributed by atoms with E-state index in [4.69, 9.17) is 15.0 Å². The maximum absolute atomic E-state index is 12.1. The fraction of sp³-hybridized carbons (Fsp3) is 0.545. The summed E-state index contributed by atoms with van der Waals surface area (Å²) in [6, 6.07) is 5.54. The molecule has 0 spiro atoms. The van der Waals surface area contributed by atoms with Gasteiger partial charge in [-0.2, -0.15) is 15.0 Å². The van der Waals surface area contributed by atoms with Gasteiger partial charge in [0.05, 0.1) is 0 Å². The second kappa shape index (κ2) is 9.47. The largest absolute Gasteiger partial charge is 0.355 e. The Morgan fingerprint density at radius 2 is 1.90 bits per heavy atom. The number of aryl methyl sites for hydroxylation is 1. The molecule has 9 heteroatoms. The number of nitrogens with one attached hydrogen (secondary N) is 3. The van der Waals surface area contributed by atoms with E-state index in [0.717, 1.165) is 44.0 Å². The van der Waals surface area contributed by atoms with Crippen LogP contribution >= 0.6 is 0 Å². The van der Waals surface area contributed by atoms with E-state index in [2.05, 4.69) is 46.5 Å². The zero-order valence-electron chi connectivity index (χ0n) is 19.4. The number of benzene rings is 1. The number of hydrogen-bond donors (Lipinski definition) is 3. The minimum Gasteiger partial charge on any atom is -0.355 e. The molecule has 1 aliphatic rings. The van der Waals surface area contributed by atoms with Crippen LogP contribution in [0.15, 0.2) is 18.2 Å². The molecule has 1 aromatic carbocycles. The van der Waals surface area contributed by atoms with Gasteiger partial charge in [-0.05, 0) is 30.0 Å². The summed E-state index contributed by atoms with van der Waals surface area (Å²) in [5.74, 6) is 1.62. The standard InChI is InChI=1S/C22H34N8O/c1-15-7-8-16(18(31)23-5)13-17(15)25-19-26-20(29(6)14-22(2,3)4)28-21(27-19)30-11-9-24-10-12-30/h7-8,13,24H,9-12,14H2,1-6H3,(H,23,31)(H,25,26,27,28). The summed E-state index contributed by atoms with van der Waals surface area (Å²) < 4.78 is 0. The number of hydrogen-bond acceptors (Lipinski definition) is 8. The van der Waals surface area contributed by atoms with Crippen molar-refractivity contribution in [1.29, 1.82) is 0 Å². The fourth-order valence-electron chi connectivity index (χ4n) is 3.53. The lowest BCUT2D eigenvalue weighted by Crippen LogP contribution is -2.44. The van der Waals surface area contributed by atoms with E-state index in [1.165, 1.54) is 0 Å². The third kappa shape index (κ3) is 6.04. The number of rotatable bonds is 6. The maximum atomic E-state index is 12.1. The summed E-state index contributed by atoms with van der Waals surface area (Å²) in [5, 5.41) is 9.34. The van der Waals surface area contributed by atoms with Crippen molar-refractivity contribution in [2.45, 2.75) is 27.7 Å². The van der Waals surface area contributed by atoms with E-state index in [9.17, 15) is 4.79 Å². The van der Waals surface area contributed by atoms with Crippen LogP contribution < -0.4 is 25.8 Å². The van der Waals surface area contributed by atoms with Gasteiger partial charge >= 0.3 is 0 Å². The Kier molecular flexibility index (Phi) is 6.94. The van der Waals surface area contributed by atoms with E-state index < -0.39 is 0 Å². The van der Waals surface area contributed by atoms with Gasteiger partial charge in [0.25, 0.3) is 5.91 Å². The van der Waals surface area contributed by atoms with Gasteiger partial charge < -0.3 is 25.8 Å². The first-order chi connectivity index (χ1) is 14.7. The van der Waals surface area contributed by atoms with Crippen molar-refractivity contribution in [3.8, 4) is 0 Å². The molecule has 0 bridgehead atoms. The first kappa shape index (κ1) is 22.7. The number of carbonyl (C=O) groups excluding carboxylic acids is 1. The van der Waals surface area contributed by atoms with Crippen LogP contribution in [0, 0.1) is 12.3 Å². The summed E-state index contributed by atoms with van der Waals surface area (Å²) >= 11 is 0. The highest BCUT2D eigenvalue weighted by Crippen LogP contribution is 2.24. The Balaban J connectivity index is 1.96. The summed E-state index contributed by atoms with van der Waals surface area (Å²) in [6.45, 7) is 12.8. The number of nitrogens with zero attached hydrogens (tertiary/aromatic N) is 5. The lowest BCUT2D eigenvalue weighted by molar-refractivity contribution is 0.0963. The summed E-state index contributed by atoms with van der Waals surface area (Å²) in [7, 11) is 3.63. The number of piperazine rings is 1. The SMILES string of the molecule is CNC(=O)c1ccc(C)c(Nc2nc(N(C)CC(C)(C)C)nc(N3CCNCC3)n2)c1. The van der Waals surface area contributed by atoms with Crippen molar-refractivity contribution >= 4 is 29.4 Å². The quantitative estimate of drug-likeness (QED) is 0.647. The number of anilines is 4. The van der Waals surface area contributed by atoms with Crippen LogP contribution in [-0.4, -0.2) is 67.7 Å². The van der Waals surface area contributed by atoms with E-state index in [0.29, 0.717) is 23.4 Å². The summed E-state index contributed by atoms with van der Waals surface area (Å²) in [5.41, 5.74) is 2.48. The van der Waals surface area contributed by atoms with Crippen LogP contribution in [0.25, 0.3) is 0 Å². The highest BCUT2D eigenvalue weighted by molar-refractivity contribution is 5.95. The van der Waals surface area contributed by atoms with Crippen molar-refractivity contribution in [1.82, 2.24) is 25.6 Å². The zero-order valence-corrected chi connectivity index (χ0v) is 19.4. The second-order valence-electron chi connectivity index (χ2n) is 9.15. The molecule has 1 fully saturated rings.